The summed E-state index contributed by atoms with van der Waals surface area (Å²) in [6, 6.07) is 1.55. The Labute approximate surface area is 196 Å². The van der Waals surface area contributed by atoms with Crippen molar-refractivity contribution in [2.24, 2.45) is 0 Å². The van der Waals surface area contributed by atoms with Gasteiger partial charge in [0.25, 0.3) is 0 Å². The highest BCUT2D eigenvalue weighted by atomic mass is 16.7. The summed E-state index contributed by atoms with van der Waals surface area (Å²) in [7, 11) is 0. The first-order valence-corrected chi connectivity index (χ1v) is 11.3. The molecule has 182 valence electrons. The van der Waals surface area contributed by atoms with Gasteiger partial charge in [0.2, 0.25) is 0 Å². The average Bonchev–Trinajstić information content (AvgIpc) is 2.77. The fourth-order valence-electron chi connectivity index (χ4n) is 4.70. The van der Waals surface area contributed by atoms with Crippen LogP contribution in [-0.4, -0.2) is 64.4 Å². The third-order valence-corrected chi connectivity index (χ3v) is 6.23. The summed E-state index contributed by atoms with van der Waals surface area (Å²) in [6.45, 7) is 4.27. The zero-order chi connectivity index (χ0) is 24.7. The van der Waals surface area contributed by atoms with Crippen LogP contribution in [0, 0.1) is 0 Å². The molecule has 3 aliphatic rings. The number of carbonyl (C=O) groups is 3. The minimum Gasteiger partial charge on any atom is -0.507 e. The molecule has 4 rings (SSSR count). The smallest absolute Gasteiger partial charge is 0.199 e. The lowest BCUT2D eigenvalue weighted by Crippen LogP contribution is -2.48. The topological polar surface area (TPSA) is 140 Å². The predicted octanol–water partition coefficient (Wildman–Crippen LogP) is 2.37. The Kier molecular flexibility index (Phi) is 6.73. The van der Waals surface area contributed by atoms with E-state index in [0.717, 1.165) is 6.42 Å². The molecular weight excluding hydrogens is 444 g/mol. The van der Waals surface area contributed by atoms with Gasteiger partial charge in [0.05, 0.1) is 30.1 Å². The van der Waals surface area contributed by atoms with Gasteiger partial charge in [0, 0.05) is 23.1 Å². The van der Waals surface area contributed by atoms with Crippen LogP contribution in [0.1, 0.15) is 78.0 Å². The maximum Gasteiger partial charge on any atom is 0.199 e. The number of Topliss-reactive ketones (excluding diaryl/α,β-unsaturated/α-hetero) is 3. The Morgan fingerprint density at radius 2 is 1.97 bits per heavy atom. The lowest BCUT2D eigenvalue weighted by atomic mass is 9.78. The fraction of sp³-hybridized carbons (Fsp3) is 0.480. The summed E-state index contributed by atoms with van der Waals surface area (Å²) in [4.78, 5) is 39.3. The Hall–Kier alpha value is -2.85. The van der Waals surface area contributed by atoms with Gasteiger partial charge in [0.15, 0.2) is 17.9 Å². The van der Waals surface area contributed by atoms with Crippen molar-refractivity contribution in [3.05, 3.63) is 45.2 Å². The fourth-order valence-corrected chi connectivity index (χ4v) is 4.70. The van der Waals surface area contributed by atoms with Crippen LogP contribution in [0.15, 0.2) is 23.0 Å². The molecule has 2 heterocycles. The first-order chi connectivity index (χ1) is 16.2. The van der Waals surface area contributed by atoms with E-state index in [1.807, 2.05) is 6.92 Å². The molecule has 0 unspecified atom stereocenters. The molecule has 3 N–H and O–H groups in total. The predicted molar refractivity (Wildman–Crippen MR) is 119 cm³/mol. The molecule has 0 bridgehead atoms. The molecule has 1 aliphatic carbocycles. The van der Waals surface area contributed by atoms with Crippen LogP contribution in [0.3, 0.4) is 0 Å². The number of ketones is 3. The molecular formula is C25H28O9. The summed E-state index contributed by atoms with van der Waals surface area (Å²) in [5.74, 6) is -1.35. The Balaban J connectivity index is 1.89. The largest absolute Gasteiger partial charge is 0.507 e. The highest BCUT2D eigenvalue weighted by Crippen LogP contribution is 2.46. The van der Waals surface area contributed by atoms with Crippen molar-refractivity contribution in [3.8, 4) is 5.75 Å². The minimum absolute atomic E-state index is 0.00278. The normalized spacial score (nSPS) is 26.6. The van der Waals surface area contributed by atoms with Gasteiger partial charge in [-0.3, -0.25) is 14.4 Å². The van der Waals surface area contributed by atoms with Gasteiger partial charge < -0.3 is 29.5 Å². The standard InChI is InChI=1S/C25H28O9/c1-4-5-17-19-13(7-12(3)33-17)8-15-20(23(19)30)24(31)21(14(22(15)29)6-11(2)27)25-32-10-16(28)18(9-26)34-25/h7-8,16-18,25-26,28,30H,4-6,9-10H2,1-3H3/t16-,17-,18+,25-/m1/s1. The van der Waals surface area contributed by atoms with Gasteiger partial charge in [-0.25, -0.2) is 0 Å². The molecule has 0 amide bonds. The van der Waals surface area contributed by atoms with Crippen LogP contribution in [0.5, 0.6) is 5.75 Å². The Bertz CT molecular complexity index is 1110. The molecule has 0 aromatic heterocycles. The summed E-state index contributed by atoms with van der Waals surface area (Å²) in [6.07, 6.45) is -1.31. The molecule has 2 aliphatic heterocycles. The quantitative estimate of drug-likeness (QED) is 0.569. The van der Waals surface area contributed by atoms with Crippen LogP contribution >= 0.6 is 0 Å². The Morgan fingerprint density at radius 1 is 1.24 bits per heavy atom. The second-order valence-electron chi connectivity index (χ2n) is 8.82. The first-order valence-electron chi connectivity index (χ1n) is 11.3. The number of rotatable bonds is 6. The second-order valence-corrected chi connectivity index (χ2v) is 8.82. The second kappa shape index (κ2) is 9.42. The minimum atomic E-state index is -1.39. The van der Waals surface area contributed by atoms with Gasteiger partial charge in [-0.1, -0.05) is 13.3 Å². The number of aromatic hydroxyl groups is 1. The lowest BCUT2D eigenvalue weighted by molar-refractivity contribution is -0.241. The molecule has 34 heavy (non-hydrogen) atoms. The van der Waals surface area contributed by atoms with Crippen molar-refractivity contribution in [2.45, 2.75) is 64.6 Å². The average molecular weight is 472 g/mol. The molecule has 0 spiro atoms. The van der Waals surface area contributed by atoms with E-state index < -0.39 is 42.8 Å². The maximum absolute atomic E-state index is 13.7. The van der Waals surface area contributed by atoms with Crippen molar-refractivity contribution in [1.29, 1.82) is 0 Å². The Morgan fingerprint density at radius 3 is 2.62 bits per heavy atom. The van der Waals surface area contributed by atoms with Crippen molar-refractivity contribution >= 4 is 23.4 Å². The van der Waals surface area contributed by atoms with E-state index >= 15 is 0 Å². The third kappa shape index (κ3) is 4.09. The van der Waals surface area contributed by atoms with Crippen molar-refractivity contribution in [3.63, 3.8) is 0 Å². The summed E-state index contributed by atoms with van der Waals surface area (Å²) in [5.41, 5.74) is 0.526. The number of ether oxygens (including phenoxy) is 3. The van der Waals surface area contributed by atoms with E-state index in [9.17, 15) is 29.7 Å². The number of aliphatic hydroxyl groups is 2. The molecule has 1 aromatic rings. The van der Waals surface area contributed by atoms with Crippen LogP contribution in [0.2, 0.25) is 0 Å². The number of hydrogen-bond acceptors (Lipinski definition) is 9. The molecule has 9 nitrogen and oxygen atoms in total. The van der Waals surface area contributed by atoms with Crippen molar-refractivity contribution in [1.82, 2.24) is 0 Å². The summed E-state index contributed by atoms with van der Waals surface area (Å²) in [5, 5.41) is 30.7. The van der Waals surface area contributed by atoms with E-state index in [2.05, 4.69) is 0 Å². The number of hydrogen-bond donors (Lipinski definition) is 3. The highest BCUT2D eigenvalue weighted by molar-refractivity contribution is 6.29. The zero-order valence-electron chi connectivity index (χ0n) is 19.3. The molecule has 1 fully saturated rings. The van der Waals surface area contributed by atoms with Crippen LogP contribution in [0.25, 0.3) is 6.08 Å². The summed E-state index contributed by atoms with van der Waals surface area (Å²) >= 11 is 0. The highest BCUT2D eigenvalue weighted by Gasteiger charge is 2.44. The van der Waals surface area contributed by atoms with Crippen molar-refractivity contribution in [2.75, 3.05) is 13.2 Å². The first kappa shape index (κ1) is 24.3. The number of phenols is 1. The van der Waals surface area contributed by atoms with Crippen LogP contribution in [-0.2, 0) is 19.0 Å². The monoisotopic (exact) mass is 472 g/mol. The van der Waals surface area contributed by atoms with E-state index in [1.54, 1.807) is 19.1 Å². The van der Waals surface area contributed by atoms with E-state index in [0.29, 0.717) is 23.3 Å². The van der Waals surface area contributed by atoms with E-state index in [1.165, 1.54) is 6.92 Å². The van der Waals surface area contributed by atoms with Crippen LogP contribution < -0.4 is 0 Å². The summed E-state index contributed by atoms with van der Waals surface area (Å²) < 4.78 is 17.0. The molecule has 0 saturated carbocycles. The van der Waals surface area contributed by atoms with E-state index in [4.69, 9.17) is 14.2 Å². The number of allylic oxidation sites excluding steroid dienone is 2. The number of aliphatic hydroxyl groups excluding tert-OH is 2. The number of phenolic OH excluding ortho intramolecular Hbond substituents is 1. The zero-order valence-corrected chi connectivity index (χ0v) is 19.3. The van der Waals surface area contributed by atoms with Gasteiger partial charge in [-0.05, 0) is 38.0 Å². The van der Waals surface area contributed by atoms with Crippen molar-refractivity contribution < 1.29 is 43.9 Å². The lowest BCUT2D eigenvalue weighted by Gasteiger charge is -2.36. The molecule has 0 radical (unpaired) electrons. The van der Waals surface area contributed by atoms with Gasteiger partial charge in [-0.15, -0.1) is 0 Å². The number of benzene rings is 1. The third-order valence-electron chi connectivity index (χ3n) is 6.23. The molecule has 9 heteroatoms. The van der Waals surface area contributed by atoms with Crippen LogP contribution in [0.4, 0.5) is 0 Å². The SMILES string of the molecule is CCC[C@H]1OC(C)=Cc2cc3c(c(O)c21)C(=O)C([C@@H]1OC[C@@H](O)[C@H](CO)O1)=C(CC(C)=O)C3=O. The molecule has 1 aromatic carbocycles. The number of carbonyl (C=O) groups excluding carboxylic acids is 3. The van der Waals surface area contributed by atoms with Gasteiger partial charge in [0.1, 0.15) is 29.8 Å². The maximum atomic E-state index is 13.7. The molecule has 4 atom stereocenters. The molecule has 1 saturated heterocycles. The van der Waals surface area contributed by atoms with E-state index in [-0.39, 0.29) is 46.8 Å². The number of fused-ring (bicyclic) bond motifs is 2. The van der Waals surface area contributed by atoms with Gasteiger partial charge >= 0.3 is 0 Å². The van der Waals surface area contributed by atoms with Gasteiger partial charge in [-0.2, -0.15) is 0 Å².